The molecule has 0 spiro atoms. The van der Waals surface area contributed by atoms with Gasteiger partial charge in [0.05, 0.1) is 0 Å². The minimum absolute atomic E-state index is 0. The Morgan fingerprint density at radius 2 is 0.378 bits per heavy atom. The van der Waals surface area contributed by atoms with Crippen molar-refractivity contribution in [2.24, 2.45) is 0 Å². The molecule has 0 atom stereocenters. The zero-order valence-electron chi connectivity index (χ0n) is 30.0. The van der Waals surface area contributed by atoms with E-state index in [2.05, 4.69) is 0 Å². The van der Waals surface area contributed by atoms with Crippen molar-refractivity contribution < 1.29 is 41.5 Å². The van der Waals surface area contributed by atoms with Crippen molar-refractivity contribution in [3.05, 3.63) is 0 Å². The van der Waals surface area contributed by atoms with Crippen LogP contribution < -0.4 is 0 Å². The van der Waals surface area contributed by atoms with Crippen molar-refractivity contribution in [1.29, 1.82) is 0 Å². The van der Waals surface area contributed by atoms with E-state index in [4.69, 9.17) is 10.2 Å². The average Bonchev–Trinajstić information content (AvgIpc) is 3.15. The van der Waals surface area contributed by atoms with E-state index in [-0.39, 0.29) is 21.7 Å². The number of aliphatic hydroxyl groups excluding tert-OH is 2. The zero-order chi connectivity index (χ0) is 31.7. The smallest absolute Gasteiger partial charge is 0.197 e. The molecule has 0 unspecified atom stereocenters. The maximum absolute atomic E-state index is 12.0. The van der Waals surface area contributed by atoms with Gasteiger partial charge >= 0.3 is 0 Å². The van der Waals surface area contributed by atoms with Gasteiger partial charge in [0.2, 0.25) is 0 Å². The van der Waals surface area contributed by atoms with Gasteiger partial charge in [-0.15, -0.1) is 0 Å². The second-order valence-electron chi connectivity index (χ2n) is 15.8. The maximum Gasteiger partial charge on any atom is 0.197 e. The van der Waals surface area contributed by atoms with Crippen LogP contribution in [0.25, 0.3) is 0 Å². The van der Waals surface area contributed by atoms with Gasteiger partial charge in [-0.05, 0) is 33.2 Å². The predicted octanol–water partition coefficient (Wildman–Crippen LogP) is 11.1. The average molecular weight is 701 g/mol. The van der Waals surface area contributed by atoms with Crippen molar-refractivity contribution in [1.82, 2.24) is 0 Å². The van der Waals surface area contributed by atoms with E-state index >= 15 is 0 Å². The molecule has 6 saturated carbocycles. The van der Waals surface area contributed by atoms with E-state index in [0.29, 0.717) is 0 Å². The van der Waals surface area contributed by atoms with Crippen LogP contribution in [-0.4, -0.2) is 50.7 Å². The van der Waals surface area contributed by atoms with Gasteiger partial charge in [-0.3, -0.25) is 0 Å². The van der Waals surface area contributed by atoms with Gasteiger partial charge in [0.1, 0.15) is 0 Å². The van der Waals surface area contributed by atoms with Crippen LogP contribution in [0.5, 0.6) is 0 Å². The molecule has 4 nitrogen and oxygen atoms in total. The molecule has 7 heteroatoms. The summed E-state index contributed by atoms with van der Waals surface area (Å²) >= 11 is 0. The Morgan fingerprint density at radius 1 is 0.267 bits per heavy atom. The molecule has 6 aliphatic rings. The Bertz CT molecular complexity index is 555. The predicted molar refractivity (Wildman–Crippen MR) is 193 cm³/mol. The fourth-order valence-electron chi connectivity index (χ4n) is 11.4. The Balaban J connectivity index is 0.000000277. The molecular formula is C38H76O4Si2Ti. The fraction of sp³-hybridized carbons (Fsp3) is 1.00. The molecule has 0 aromatic carbocycles. The summed E-state index contributed by atoms with van der Waals surface area (Å²) in [6.07, 6.45) is 41.8. The van der Waals surface area contributed by atoms with E-state index in [1.807, 2.05) is 0 Å². The Labute approximate surface area is 296 Å². The van der Waals surface area contributed by atoms with Crippen LogP contribution >= 0.6 is 0 Å². The second kappa shape index (κ2) is 23.4. The van der Waals surface area contributed by atoms with Crippen LogP contribution in [0, 0.1) is 0 Å². The first kappa shape index (κ1) is 42.2. The molecule has 264 valence electrons. The van der Waals surface area contributed by atoms with E-state index < -0.39 is 16.6 Å². The molecule has 4 N–H and O–H groups in total. The van der Waals surface area contributed by atoms with Crippen molar-refractivity contribution in [2.45, 2.75) is 226 Å². The largest absolute Gasteiger partial charge is 0.431 e. The molecule has 0 heterocycles. The van der Waals surface area contributed by atoms with Crippen LogP contribution in [0.4, 0.5) is 0 Å². The van der Waals surface area contributed by atoms with Crippen molar-refractivity contribution in [2.75, 3.05) is 14.2 Å². The van der Waals surface area contributed by atoms with E-state index in [1.54, 1.807) is 0 Å². The molecular weight excluding hydrogens is 624 g/mol. The van der Waals surface area contributed by atoms with Crippen LogP contribution in [0.2, 0.25) is 33.2 Å². The Kier molecular flexibility index (Phi) is 21.9. The second-order valence-corrected chi connectivity index (χ2v) is 24.2. The standard InChI is InChI=1S/2C18H34OSi.2CH4O.Ti/c2*19-20(16-10-4-1-5-11-16,17-12-6-2-7-13-17)18-14-8-3-9-15-18;2*1-2;/h2*16-19H,1-15H2;2*2H,1H3;. The van der Waals surface area contributed by atoms with Crippen molar-refractivity contribution in [3.8, 4) is 0 Å². The molecule has 0 saturated heterocycles. The summed E-state index contributed by atoms with van der Waals surface area (Å²) in [5, 5.41) is 14.0. The molecule has 45 heavy (non-hydrogen) atoms. The van der Waals surface area contributed by atoms with Gasteiger partial charge in [0.15, 0.2) is 16.6 Å². The molecule has 0 aromatic rings. The summed E-state index contributed by atoms with van der Waals surface area (Å²) < 4.78 is 0. The van der Waals surface area contributed by atoms with E-state index in [0.717, 1.165) is 47.5 Å². The molecule has 0 amide bonds. The van der Waals surface area contributed by atoms with Crippen molar-refractivity contribution >= 4 is 16.6 Å². The van der Waals surface area contributed by atoms with Crippen LogP contribution in [0.15, 0.2) is 0 Å². The fourth-order valence-corrected chi connectivity index (χ4v) is 23.4. The maximum atomic E-state index is 12.0. The molecule has 6 aliphatic carbocycles. The number of rotatable bonds is 6. The molecule has 6 rings (SSSR count). The van der Waals surface area contributed by atoms with E-state index in [1.165, 1.54) is 193 Å². The molecule has 0 radical (unpaired) electrons. The summed E-state index contributed by atoms with van der Waals surface area (Å²) in [6, 6.07) is 0. The van der Waals surface area contributed by atoms with Crippen LogP contribution in [-0.2, 0) is 21.7 Å². The van der Waals surface area contributed by atoms with E-state index in [9.17, 15) is 9.59 Å². The zero-order valence-corrected chi connectivity index (χ0v) is 33.5. The summed E-state index contributed by atoms with van der Waals surface area (Å²) in [7, 11) is -2.09. The summed E-state index contributed by atoms with van der Waals surface area (Å²) in [4.78, 5) is 24.0. The molecule has 0 aromatic heterocycles. The van der Waals surface area contributed by atoms with Gasteiger partial charge < -0.3 is 19.8 Å². The molecule has 0 bridgehead atoms. The molecule has 6 fully saturated rings. The summed E-state index contributed by atoms with van der Waals surface area (Å²) in [6.45, 7) is 0. The normalized spacial score (nSPS) is 25.7. The topological polar surface area (TPSA) is 80.9 Å². The Hall–Kier alpha value is 0.988. The number of hydrogen-bond donors (Lipinski definition) is 4. The number of hydrogen-bond acceptors (Lipinski definition) is 4. The van der Waals surface area contributed by atoms with Gasteiger partial charge in [0, 0.05) is 35.9 Å². The van der Waals surface area contributed by atoms with Crippen molar-refractivity contribution in [3.63, 3.8) is 0 Å². The third-order valence-electron chi connectivity index (χ3n) is 13.6. The van der Waals surface area contributed by atoms with Gasteiger partial charge in [-0.25, -0.2) is 0 Å². The molecule has 0 aliphatic heterocycles. The van der Waals surface area contributed by atoms with Crippen LogP contribution in [0.3, 0.4) is 0 Å². The minimum Gasteiger partial charge on any atom is -0.431 e. The first-order valence-corrected chi connectivity index (χ1v) is 24.3. The first-order valence-electron chi connectivity index (χ1n) is 20.0. The number of aliphatic hydroxyl groups is 2. The van der Waals surface area contributed by atoms with Crippen LogP contribution in [0.1, 0.15) is 193 Å². The third-order valence-corrected chi connectivity index (χ3v) is 24.9. The monoisotopic (exact) mass is 700 g/mol. The van der Waals surface area contributed by atoms with Gasteiger partial charge in [-0.2, -0.15) is 0 Å². The Morgan fingerprint density at radius 3 is 0.489 bits per heavy atom. The first-order chi connectivity index (χ1) is 21.6. The summed E-state index contributed by atoms with van der Waals surface area (Å²) in [5.41, 5.74) is 4.60. The van der Waals surface area contributed by atoms with Gasteiger partial charge in [0.25, 0.3) is 0 Å². The SMILES string of the molecule is CO.CO.O[Si](C1CCCCC1)(C1CCCCC1)C1CCCCC1.O[Si](C1CCCCC1)(C1CCCCC1)C1CCCCC1.[Ti]. The third kappa shape index (κ3) is 11.5. The quantitative estimate of drug-likeness (QED) is 0.208. The minimum atomic E-state index is -2.05. The summed E-state index contributed by atoms with van der Waals surface area (Å²) in [5.74, 6) is 0. The van der Waals surface area contributed by atoms with Gasteiger partial charge in [-0.1, -0.05) is 193 Å².